The number of methoxy groups -OCH3 is 1. The maximum atomic E-state index is 12.6. The Morgan fingerprint density at radius 3 is 2.95 bits per heavy atom. The summed E-state index contributed by atoms with van der Waals surface area (Å²) in [6.07, 6.45) is 1.04. The average Bonchev–Trinajstić information content (AvgIpc) is 2.45. The number of nitrogens with zero attached hydrogens (tertiary/aromatic N) is 2. The van der Waals surface area contributed by atoms with Crippen molar-refractivity contribution >= 4 is 38.6 Å². The van der Waals surface area contributed by atoms with Crippen LogP contribution in [0.1, 0.15) is 13.3 Å². The molecule has 0 aliphatic heterocycles. The van der Waals surface area contributed by atoms with Gasteiger partial charge in [0, 0.05) is 17.3 Å². The van der Waals surface area contributed by atoms with Crippen LogP contribution in [0.15, 0.2) is 32.6 Å². The Balaban J connectivity index is 2.56. The zero-order chi connectivity index (χ0) is 14.5. The second-order valence-corrected chi connectivity index (χ2v) is 6.33. The zero-order valence-electron chi connectivity index (χ0n) is 11.6. The number of hydrogen-bond donors (Lipinski definition) is 0. The molecule has 2 rings (SSSR count). The standard InChI is InChI=1S/C14H17BrN2O2S/c1-3-8-20-14-16-12-5-4-10(15)9-11(12)13(18)17(14)6-7-19-2/h4-5,9H,3,6-8H2,1-2H3. The van der Waals surface area contributed by atoms with Gasteiger partial charge in [0.1, 0.15) is 0 Å². The van der Waals surface area contributed by atoms with E-state index >= 15 is 0 Å². The molecule has 6 heteroatoms. The molecule has 0 atom stereocenters. The van der Waals surface area contributed by atoms with Crippen LogP contribution >= 0.6 is 27.7 Å². The Morgan fingerprint density at radius 2 is 2.25 bits per heavy atom. The minimum Gasteiger partial charge on any atom is -0.383 e. The molecule has 20 heavy (non-hydrogen) atoms. The highest BCUT2D eigenvalue weighted by atomic mass is 79.9. The summed E-state index contributed by atoms with van der Waals surface area (Å²) in [6.45, 7) is 3.14. The summed E-state index contributed by atoms with van der Waals surface area (Å²) >= 11 is 5.01. The minimum absolute atomic E-state index is 0.00745. The Hall–Kier alpha value is -0.850. The zero-order valence-corrected chi connectivity index (χ0v) is 14.0. The Kier molecular flexibility index (Phi) is 5.63. The highest BCUT2D eigenvalue weighted by Crippen LogP contribution is 2.20. The van der Waals surface area contributed by atoms with E-state index in [0.29, 0.717) is 18.5 Å². The third-order valence-corrected chi connectivity index (χ3v) is 4.51. The van der Waals surface area contributed by atoms with Crippen molar-refractivity contribution in [2.45, 2.75) is 25.0 Å². The van der Waals surface area contributed by atoms with Crippen LogP contribution in [-0.2, 0) is 11.3 Å². The predicted molar refractivity (Wildman–Crippen MR) is 86.6 cm³/mol. The van der Waals surface area contributed by atoms with Crippen molar-refractivity contribution in [2.75, 3.05) is 19.5 Å². The van der Waals surface area contributed by atoms with Gasteiger partial charge < -0.3 is 4.74 Å². The van der Waals surface area contributed by atoms with Crippen molar-refractivity contribution < 1.29 is 4.74 Å². The maximum Gasteiger partial charge on any atom is 0.262 e. The third-order valence-electron chi connectivity index (χ3n) is 2.84. The van der Waals surface area contributed by atoms with Gasteiger partial charge in [0.2, 0.25) is 0 Å². The van der Waals surface area contributed by atoms with Gasteiger partial charge in [-0.1, -0.05) is 34.6 Å². The van der Waals surface area contributed by atoms with Gasteiger partial charge in [-0.15, -0.1) is 0 Å². The molecule has 1 heterocycles. The largest absolute Gasteiger partial charge is 0.383 e. The third kappa shape index (κ3) is 3.42. The second-order valence-electron chi connectivity index (χ2n) is 4.35. The lowest BCUT2D eigenvalue weighted by Gasteiger charge is -2.12. The summed E-state index contributed by atoms with van der Waals surface area (Å²) < 4.78 is 7.68. The molecule has 1 aromatic carbocycles. The van der Waals surface area contributed by atoms with Crippen LogP contribution in [0.3, 0.4) is 0 Å². The van der Waals surface area contributed by atoms with Gasteiger partial charge in [-0.25, -0.2) is 4.98 Å². The number of hydrogen-bond acceptors (Lipinski definition) is 4. The molecule has 0 amide bonds. The first-order valence-electron chi connectivity index (χ1n) is 6.49. The molecule has 0 bridgehead atoms. The van der Waals surface area contributed by atoms with Gasteiger partial charge in [-0.2, -0.15) is 0 Å². The van der Waals surface area contributed by atoms with Crippen LogP contribution in [-0.4, -0.2) is 29.0 Å². The fourth-order valence-corrected chi connectivity index (χ4v) is 3.10. The summed E-state index contributed by atoms with van der Waals surface area (Å²) in [5, 5.41) is 1.40. The van der Waals surface area contributed by atoms with E-state index in [9.17, 15) is 4.79 Å². The molecule has 0 spiro atoms. The monoisotopic (exact) mass is 356 g/mol. The fourth-order valence-electron chi connectivity index (χ4n) is 1.86. The number of thioether (sulfide) groups is 1. The molecule has 0 N–H and O–H groups in total. The van der Waals surface area contributed by atoms with E-state index in [4.69, 9.17) is 4.74 Å². The average molecular weight is 357 g/mol. The van der Waals surface area contributed by atoms with E-state index in [-0.39, 0.29) is 5.56 Å². The molecule has 0 aliphatic carbocycles. The molecule has 0 fully saturated rings. The van der Waals surface area contributed by atoms with Gasteiger partial charge in [-0.3, -0.25) is 9.36 Å². The molecular formula is C14H17BrN2O2S. The van der Waals surface area contributed by atoms with Crippen molar-refractivity contribution in [3.8, 4) is 0 Å². The Bertz CT molecular complexity index is 657. The topological polar surface area (TPSA) is 44.1 Å². The smallest absolute Gasteiger partial charge is 0.262 e. The highest BCUT2D eigenvalue weighted by molar-refractivity contribution is 9.10. The number of aromatic nitrogens is 2. The lowest BCUT2D eigenvalue weighted by atomic mass is 10.2. The number of benzene rings is 1. The number of ether oxygens (including phenoxy) is 1. The van der Waals surface area contributed by atoms with Crippen LogP contribution < -0.4 is 5.56 Å². The van der Waals surface area contributed by atoms with Crippen LogP contribution in [0.5, 0.6) is 0 Å². The van der Waals surface area contributed by atoms with Gasteiger partial charge in [0.25, 0.3) is 5.56 Å². The summed E-state index contributed by atoms with van der Waals surface area (Å²) in [5.41, 5.74) is 0.734. The SMILES string of the molecule is CCCSc1nc2ccc(Br)cc2c(=O)n1CCOC. The summed E-state index contributed by atoms with van der Waals surface area (Å²) in [4.78, 5) is 17.2. The van der Waals surface area contributed by atoms with Crippen LogP contribution in [0.25, 0.3) is 10.9 Å². The van der Waals surface area contributed by atoms with Gasteiger partial charge >= 0.3 is 0 Å². The van der Waals surface area contributed by atoms with Gasteiger partial charge in [-0.05, 0) is 24.6 Å². The maximum absolute atomic E-state index is 12.6. The van der Waals surface area contributed by atoms with Crippen molar-refractivity contribution in [3.05, 3.63) is 33.0 Å². The molecule has 0 radical (unpaired) electrons. The minimum atomic E-state index is -0.00745. The molecular weight excluding hydrogens is 340 g/mol. The normalized spacial score (nSPS) is 11.2. The summed E-state index contributed by atoms with van der Waals surface area (Å²) in [5.74, 6) is 0.946. The van der Waals surface area contributed by atoms with E-state index in [1.807, 2.05) is 18.2 Å². The molecule has 108 valence electrons. The number of fused-ring (bicyclic) bond motifs is 1. The van der Waals surface area contributed by atoms with Crippen molar-refractivity contribution in [1.82, 2.24) is 9.55 Å². The molecule has 0 saturated carbocycles. The van der Waals surface area contributed by atoms with Crippen LogP contribution in [0.4, 0.5) is 0 Å². The highest BCUT2D eigenvalue weighted by Gasteiger charge is 2.11. The number of halogens is 1. The van der Waals surface area contributed by atoms with Crippen LogP contribution in [0, 0.1) is 0 Å². The molecule has 1 aromatic heterocycles. The first kappa shape index (κ1) is 15.5. The first-order valence-corrected chi connectivity index (χ1v) is 8.27. The van der Waals surface area contributed by atoms with E-state index in [0.717, 1.165) is 27.3 Å². The summed E-state index contributed by atoms with van der Waals surface area (Å²) in [7, 11) is 1.63. The fraction of sp³-hybridized carbons (Fsp3) is 0.429. The first-order chi connectivity index (χ1) is 9.67. The lowest BCUT2D eigenvalue weighted by molar-refractivity contribution is 0.183. The van der Waals surface area contributed by atoms with Crippen LogP contribution in [0.2, 0.25) is 0 Å². The van der Waals surface area contributed by atoms with E-state index in [1.165, 1.54) is 0 Å². The molecule has 0 unspecified atom stereocenters. The van der Waals surface area contributed by atoms with Gasteiger partial charge in [0.05, 0.1) is 24.1 Å². The predicted octanol–water partition coefficient (Wildman–Crippen LogP) is 3.31. The van der Waals surface area contributed by atoms with E-state index < -0.39 is 0 Å². The molecule has 0 aliphatic rings. The van der Waals surface area contributed by atoms with Crippen molar-refractivity contribution in [3.63, 3.8) is 0 Å². The Morgan fingerprint density at radius 1 is 1.45 bits per heavy atom. The molecule has 0 saturated heterocycles. The van der Waals surface area contributed by atoms with Gasteiger partial charge in [0.15, 0.2) is 5.16 Å². The summed E-state index contributed by atoms with van der Waals surface area (Å²) in [6, 6.07) is 5.60. The van der Waals surface area contributed by atoms with E-state index in [2.05, 4.69) is 27.8 Å². The number of rotatable bonds is 6. The van der Waals surface area contributed by atoms with Crippen molar-refractivity contribution in [2.24, 2.45) is 0 Å². The Labute approximate surface area is 130 Å². The quantitative estimate of drug-likeness (QED) is 0.588. The lowest BCUT2D eigenvalue weighted by Crippen LogP contribution is -2.25. The molecule has 4 nitrogen and oxygen atoms in total. The van der Waals surface area contributed by atoms with Crippen molar-refractivity contribution in [1.29, 1.82) is 0 Å². The molecule has 2 aromatic rings. The second kappa shape index (κ2) is 7.24. The van der Waals surface area contributed by atoms with E-state index in [1.54, 1.807) is 23.4 Å².